The summed E-state index contributed by atoms with van der Waals surface area (Å²) in [5, 5.41) is 3.08. The first kappa shape index (κ1) is 16.8. The molecule has 1 atom stereocenters. The third kappa shape index (κ3) is 6.29. The van der Waals surface area contributed by atoms with E-state index in [-0.39, 0.29) is 17.5 Å². The molecule has 0 saturated heterocycles. The molecule has 114 valence electrons. The van der Waals surface area contributed by atoms with Crippen LogP contribution < -0.4 is 10.1 Å². The van der Waals surface area contributed by atoms with Crippen molar-refractivity contribution in [3.05, 3.63) is 29.8 Å². The van der Waals surface area contributed by atoms with Crippen LogP contribution in [-0.4, -0.2) is 34.1 Å². The Morgan fingerprint density at radius 1 is 1.25 bits per heavy atom. The van der Waals surface area contributed by atoms with Gasteiger partial charge in [-0.05, 0) is 37.6 Å². The van der Waals surface area contributed by atoms with Crippen molar-refractivity contribution in [1.29, 1.82) is 0 Å². The molecule has 0 radical (unpaired) electrons. The number of ether oxygens (including phenoxy) is 1. The highest BCUT2D eigenvalue weighted by molar-refractivity contribution is 7.90. The van der Waals surface area contributed by atoms with Crippen LogP contribution in [0.3, 0.4) is 0 Å². The maximum atomic E-state index is 12.0. The van der Waals surface area contributed by atoms with Crippen molar-refractivity contribution >= 4 is 9.84 Å². The number of benzene rings is 1. The molecule has 0 aliphatic rings. The standard InChI is InChI=1S/C13H19F2NO3S/c1-16-12(4-3-9-20(2,17)18)10-5-7-11(8-6-10)19-13(14)15/h5-8,12-13,16H,3-4,9H2,1-2H3. The Bertz CT molecular complexity index is 503. The van der Waals surface area contributed by atoms with Crippen LogP contribution in [0, 0.1) is 0 Å². The first-order valence-electron chi connectivity index (χ1n) is 6.21. The SMILES string of the molecule is CNC(CCCS(C)(=O)=O)c1ccc(OC(F)F)cc1. The lowest BCUT2D eigenvalue weighted by Crippen LogP contribution is -2.17. The molecule has 0 aromatic heterocycles. The highest BCUT2D eigenvalue weighted by atomic mass is 32.2. The van der Waals surface area contributed by atoms with Gasteiger partial charge in [-0.2, -0.15) is 8.78 Å². The molecule has 0 aliphatic carbocycles. The third-order valence-electron chi connectivity index (χ3n) is 2.86. The minimum atomic E-state index is -2.96. The fourth-order valence-corrected chi connectivity index (χ4v) is 2.60. The molecule has 1 rings (SSSR count). The van der Waals surface area contributed by atoms with Gasteiger partial charge in [-0.25, -0.2) is 8.42 Å². The normalized spacial score (nSPS) is 13.4. The van der Waals surface area contributed by atoms with Crippen molar-refractivity contribution < 1.29 is 21.9 Å². The molecule has 0 bridgehead atoms. The largest absolute Gasteiger partial charge is 0.435 e. The molecule has 4 nitrogen and oxygen atoms in total. The van der Waals surface area contributed by atoms with Crippen LogP contribution in [0.2, 0.25) is 0 Å². The fourth-order valence-electron chi connectivity index (χ4n) is 1.91. The van der Waals surface area contributed by atoms with Gasteiger partial charge in [0, 0.05) is 18.1 Å². The quantitative estimate of drug-likeness (QED) is 0.801. The van der Waals surface area contributed by atoms with Crippen molar-refractivity contribution in [2.45, 2.75) is 25.5 Å². The van der Waals surface area contributed by atoms with Crippen LogP contribution in [0.1, 0.15) is 24.4 Å². The molecule has 1 N–H and O–H groups in total. The van der Waals surface area contributed by atoms with Gasteiger partial charge in [0.1, 0.15) is 15.6 Å². The summed E-state index contributed by atoms with van der Waals surface area (Å²) in [4.78, 5) is 0. The molecule has 0 saturated carbocycles. The molecule has 20 heavy (non-hydrogen) atoms. The molecule has 0 heterocycles. The van der Waals surface area contributed by atoms with Crippen LogP contribution in [0.25, 0.3) is 0 Å². The lowest BCUT2D eigenvalue weighted by Gasteiger charge is -2.17. The second-order valence-corrected chi connectivity index (χ2v) is 6.82. The Morgan fingerprint density at radius 2 is 1.85 bits per heavy atom. The van der Waals surface area contributed by atoms with Crippen LogP contribution in [0.4, 0.5) is 8.78 Å². The number of sulfone groups is 1. The second kappa shape index (κ2) is 7.54. The number of halogens is 2. The summed E-state index contributed by atoms with van der Waals surface area (Å²) in [7, 11) is -1.19. The Labute approximate surface area is 118 Å². The van der Waals surface area contributed by atoms with Gasteiger partial charge in [-0.1, -0.05) is 12.1 Å². The van der Waals surface area contributed by atoms with E-state index >= 15 is 0 Å². The minimum absolute atomic E-state index is 0.0163. The van der Waals surface area contributed by atoms with Crippen molar-refractivity contribution in [2.24, 2.45) is 0 Å². The first-order valence-corrected chi connectivity index (χ1v) is 8.27. The van der Waals surface area contributed by atoms with Gasteiger partial charge in [-0.15, -0.1) is 0 Å². The molecule has 7 heteroatoms. The summed E-state index contributed by atoms with van der Waals surface area (Å²) in [6.07, 6.45) is 2.40. The summed E-state index contributed by atoms with van der Waals surface area (Å²) in [5.74, 6) is 0.243. The molecule has 0 spiro atoms. The van der Waals surface area contributed by atoms with Crippen molar-refractivity contribution in [1.82, 2.24) is 5.32 Å². The second-order valence-electron chi connectivity index (χ2n) is 4.56. The Hall–Kier alpha value is -1.21. The number of hydrogen-bond acceptors (Lipinski definition) is 4. The van der Waals surface area contributed by atoms with Crippen molar-refractivity contribution in [2.75, 3.05) is 19.1 Å². The molecule has 0 aliphatic heterocycles. The zero-order valence-corrected chi connectivity index (χ0v) is 12.3. The Balaban J connectivity index is 2.61. The van der Waals surface area contributed by atoms with E-state index in [2.05, 4.69) is 10.1 Å². The van der Waals surface area contributed by atoms with Crippen LogP contribution in [-0.2, 0) is 9.84 Å². The maximum absolute atomic E-state index is 12.0. The van der Waals surface area contributed by atoms with E-state index < -0.39 is 16.4 Å². The average molecular weight is 307 g/mol. The van der Waals surface area contributed by atoms with E-state index in [0.29, 0.717) is 12.8 Å². The molecular weight excluding hydrogens is 288 g/mol. The van der Waals surface area contributed by atoms with Gasteiger partial charge in [0.25, 0.3) is 0 Å². The predicted octanol–water partition coefficient (Wildman–Crippen LogP) is 2.37. The average Bonchev–Trinajstić information content (AvgIpc) is 2.34. The monoisotopic (exact) mass is 307 g/mol. The number of hydrogen-bond donors (Lipinski definition) is 1. The van der Waals surface area contributed by atoms with Crippen molar-refractivity contribution in [3.63, 3.8) is 0 Å². The highest BCUT2D eigenvalue weighted by Crippen LogP contribution is 2.22. The van der Waals surface area contributed by atoms with E-state index in [0.717, 1.165) is 5.56 Å². The number of rotatable bonds is 8. The maximum Gasteiger partial charge on any atom is 0.387 e. The third-order valence-corrected chi connectivity index (χ3v) is 3.89. The van der Waals surface area contributed by atoms with Crippen LogP contribution >= 0.6 is 0 Å². The molecule has 1 aromatic carbocycles. The molecule has 0 amide bonds. The van der Waals surface area contributed by atoms with E-state index in [1.807, 2.05) is 0 Å². The van der Waals surface area contributed by atoms with Crippen molar-refractivity contribution in [3.8, 4) is 5.75 Å². The summed E-state index contributed by atoms with van der Waals surface area (Å²) < 4.78 is 50.5. The molecule has 1 unspecified atom stereocenters. The number of alkyl halides is 2. The summed E-state index contributed by atoms with van der Waals surface area (Å²) in [6.45, 7) is -2.84. The zero-order valence-electron chi connectivity index (χ0n) is 11.5. The van der Waals surface area contributed by atoms with E-state index in [1.54, 1.807) is 19.2 Å². The Kier molecular flexibility index (Phi) is 6.35. The topological polar surface area (TPSA) is 55.4 Å². The number of nitrogens with one attached hydrogen (secondary N) is 1. The van der Waals surface area contributed by atoms with Gasteiger partial charge >= 0.3 is 6.61 Å². The predicted molar refractivity (Wildman–Crippen MR) is 73.8 cm³/mol. The smallest absolute Gasteiger partial charge is 0.387 e. The van der Waals surface area contributed by atoms with E-state index in [9.17, 15) is 17.2 Å². The molecule has 0 fully saturated rings. The lowest BCUT2D eigenvalue weighted by molar-refractivity contribution is -0.0498. The fraction of sp³-hybridized carbons (Fsp3) is 0.538. The summed E-state index contributed by atoms with van der Waals surface area (Å²) in [6, 6.07) is 6.32. The van der Waals surface area contributed by atoms with Gasteiger partial charge < -0.3 is 10.1 Å². The highest BCUT2D eigenvalue weighted by Gasteiger charge is 2.12. The van der Waals surface area contributed by atoms with Crippen LogP contribution in [0.5, 0.6) is 5.75 Å². The van der Waals surface area contributed by atoms with E-state index in [1.165, 1.54) is 18.4 Å². The molecular formula is C13H19F2NO3S. The first-order chi connectivity index (χ1) is 9.31. The van der Waals surface area contributed by atoms with E-state index in [4.69, 9.17) is 0 Å². The zero-order chi connectivity index (χ0) is 15.2. The molecule has 1 aromatic rings. The van der Waals surface area contributed by atoms with Crippen LogP contribution in [0.15, 0.2) is 24.3 Å². The summed E-state index contributed by atoms with van der Waals surface area (Å²) in [5.41, 5.74) is 0.905. The van der Waals surface area contributed by atoms with Gasteiger partial charge in [0.15, 0.2) is 0 Å². The summed E-state index contributed by atoms with van der Waals surface area (Å²) >= 11 is 0. The Morgan fingerprint density at radius 3 is 2.30 bits per heavy atom. The lowest BCUT2D eigenvalue weighted by atomic mass is 10.0. The van der Waals surface area contributed by atoms with Gasteiger partial charge in [0.2, 0.25) is 0 Å². The van der Waals surface area contributed by atoms with Gasteiger partial charge in [0.05, 0.1) is 0 Å². The minimum Gasteiger partial charge on any atom is -0.435 e. The van der Waals surface area contributed by atoms with Gasteiger partial charge in [-0.3, -0.25) is 0 Å².